The molecule has 0 saturated carbocycles. The number of hydrogen-bond donors (Lipinski definition) is 2. The van der Waals surface area contributed by atoms with Crippen LogP contribution in [0.3, 0.4) is 0 Å². The summed E-state index contributed by atoms with van der Waals surface area (Å²) in [6.07, 6.45) is 1.63. The highest BCUT2D eigenvalue weighted by Gasteiger charge is 2.35. The van der Waals surface area contributed by atoms with Gasteiger partial charge in [0.1, 0.15) is 29.9 Å². The van der Waals surface area contributed by atoms with Crippen LogP contribution in [-0.2, 0) is 0 Å². The van der Waals surface area contributed by atoms with Crippen LogP contribution < -0.4 is 15.0 Å². The Morgan fingerprint density at radius 3 is 2.60 bits per heavy atom. The molecular formula is C30H30ClF2N5O2. The van der Waals surface area contributed by atoms with E-state index < -0.39 is 12.0 Å². The van der Waals surface area contributed by atoms with Crippen molar-refractivity contribution in [2.45, 2.75) is 43.6 Å². The molecule has 3 aliphatic rings. The second-order valence-corrected chi connectivity index (χ2v) is 11.7. The molecule has 2 N–H and O–H groups in total. The monoisotopic (exact) mass is 565 g/mol. The smallest absolute Gasteiger partial charge is 0.319 e. The Kier molecular flexibility index (Phi) is 6.40. The van der Waals surface area contributed by atoms with Gasteiger partial charge in [-0.15, -0.1) is 0 Å². The summed E-state index contributed by atoms with van der Waals surface area (Å²) in [5, 5.41) is 16.3. The number of likely N-dealkylation sites (N-methyl/N-ethyl adjacent to an activating group) is 1. The van der Waals surface area contributed by atoms with Crippen LogP contribution in [0.2, 0.25) is 5.02 Å². The zero-order valence-corrected chi connectivity index (χ0v) is 22.8. The number of aromatic nitrogens is 2. The number of rotatable bonds is 5. The number of phenolic OH excluding ortho intramolecular Hbond substituents is 1. The van der Waals surface area contributed by atoms with E-state index in [4.69, 9.17) is 21.3 Å². The topological polar surface area (TPSA) is 73.8 Å². The van der Waals surface area contributed by atoms with Crippen molar-refractivity contribution in [2.75, 3.05) is 38.2 Å². The van der Waals surface area contributed by atoms with Crippen molar-refractivity contribution >= 4 is 39.1 Å². The van der Waals surface area contributed by atoms with Crippen molar-refractivity contribution in [3.63, 3.8) is 0 Å². The van der Waals surface area contributed by atoms with Gasteiger partial charge in [0.15, 0.2) is 5.82 Å². The van der Waals surface area contributed by atoms with Crippen LogP contribution in [0.25, 0.3) is 32.8 Å². The van der Waals surface area contributed by atoms with E-state index >= 15 is 4.39 Å². The minimum absolute atomic E-state index is 0.0137. The van der Waals surface area contributed by atoms with Gasteiger partial charge in [0.2, 0.25) is 0 Å². The van der Waals surface area contributed by atoms with E-state index in [2.05, 4.69) is 15.2 Å². The summed E-state index contributed by atoms with van der Waals surface area (Å²) in [5.74, 6) is -0.0128. The number of halogens is 3. The Morgan fingerprint density at radius 2 is 1.85 bits per heavy atom. The van der Waals surface area contributed by atoms with E-state index in [9.17, 15) is 9.50 Å². The zero-order chi connectivity index (χ0) is 27.5. The van der Waals surface area contributed by atoms with Gasteiger partial charge in [-0.2, -0.15) is 9.97 Å². The largest absolute Gasteiger partial charge is 0.508 e. The third kappa shape index (κ3) is 4.50. The van der Waals surface area contributed by atoms with E-state index in [1.165, 1.54) is 6.07 Å². The van der Waals surface area contributed by atoms with Crippen LogP contribution >= 0.6 is 11.6 Å². The Bertz CT molecular complexity index is 1610. The summed E-state index contributed by atoms with van der Waals surface area (Å²) < 4.78 is 36.6. The molecule has 3 aliphatic heterocycles. The maximum absolute atomic E-state index is 16.6. The highest BCUT2D eigenvalue weighted by atomic mass is 35.5. The molecule has 0 aliphatic carbocycles. The van der Waals surface area contributed by atoms with Gasteiger partial charge < -0.3 is 20.1 Å². The molecular weight excluding hydrogens is 536 g/mol. The summed E-state index contributed by atoms with van der Waals surface area (Å²) in [7, 11) is 1.87. The molecule has 3 saturated heterocycles. The first-order chi connectivity index (χ1) is 19.3. The number of nitrogens with zero attached hydrogens (tertiary/aromatic N) is 4. The summed E-state index contributed by atoms with van der Waals surface area (Å²) in [5.41, 5.74) is 0.735. The SMILES string of the molecule is CN1CC(F)CC1COc1nc(N2CC3CCC(C2)N3)c2cc(Cl)c(-c3cc(O)cc4ccccc34)c(F)c2n1. The van der Waals surface area contributed by atoms with Gasteiger partial charge in [-0.1, -0.05) is 35.9 Å². The first-order valence-electron chi connectivity index (χ1n) is 13.7. The van der Waals surface area contributed by atoms with Gasteiger partial charge in [0.05, 0.1) is 5.02 Å². The van der Waals surface area contributed by atoms with Gasteiger partial charge in [0.25, 0.3) is 0 Å². The fourth-order valence-electron chi connectivity index (χ4n) is 6.56. The first-order valence-corrected chi connectivity index (χ1v) is 14.1. The number of alkyl halides is 1. The van der Waals surface area contributed by atoms with Crippen molar-refractivity contribution in [3.05, 3.63) is 53.3 Å². The molecule has 3 fully saturated rings. The number of ether oxygens (including phenoxy) is 1. The summed E-state index contributed by atoms with van der Waals surface area (Å²) in [4.78, 5) is 13.4. The third-order valence-corrected chi connectivity index (χ3v) is 8.81. The molecule has 10 heteroatoms. The molecule has 0 radical (unpaired) electrons. The van der Waals surface area contributed by atoms with E-state index in [1.807, 2.05) is 36.2 Å². The average Bonchev–Trinajstić information content (AvgIpc) is 3.45. The minimum Gasteiger partial charge on any atom is -0.508 e. The molecule has 4 unspecified atom stereocenters. The second-order valence-electron chi connectivity index (χ2n) is 11.3. The van der Waals surface area contributed by atoms with Crippen LogP contribution in [0.1, 0.15) is 19.3 Å². The van der Waals surface area contributed by atoms with Gasteiger partial charge in [-0.3, -0.25) is 4.90 Å². The average molecular weight is 566 g/mol. The van der Waals surface area contributed by atoms with Crippen LogP contribution in [0.5, 0.6) is 11.8 Å². The van der Waals surface area contributed by atoms with Crippen LogP contribution in [0.15, 0.2) is 42.5 Å². The van der Waals surface area contributed by atoms with Crippen LogP contribution in [0.4, 0.5) is 14.6 Å². The number of likely N-dealkylation sites (tertiary alicyclic amines) is 1. The first kappa shape index (κ1) is 25.7. The van der Waals surface area contributed by atoms with Crippen LogP contribution in [-0.4, -0.2) is 77.6 Å². The van der Waals surface area contributed by atoms with Crippen molar-refractivity contribution in [1.29, 1.82) is 0 Å². The molecule has 7 nitrogen and oxygen atoms in total. The maximum atomic E-state index is 16.6. The van der Waals surface area contributed by atoms with Crippen molar-refractivity contribution in [2.24, 2.45) is 0 Å². The highest BCUT2D eigenvalue weighted by Crippen LogP contribution is 2.43. The lowest BCUT2D eigenvalue weighted by Crippen LogP contribution is -2.51. The van der Waals surface area contributed by atoms with E-state index in [-0.39, 0.29) is 40.5 Å². The van der Waals surface area contributed by atoms with Gasteiger partial charge in [-0.05, 0) is 60.8 Å². The number of anilines is 1. The summed E-state index contributed by atoms with van der Waals surface area (Å²) in [6, 6.07) is 12.9. The molecule has 0 spiro atoms. The number of fused-ring (bicyclic) bond motifs is 4. The molecule has 40 heavy (non-hydrogen) atoms. The molecule has 4 aromatic rings. The van der Waals surface area contributed by atoms with Gasteiger partial charge in [0, 0.05) is 48.7 Å². The van der Waals surface area contributed by atoms with Crippen molar-refractivity contribution in [1.82, 2.24) is 20.2 Å². The fraction of sp³-hybridized carbons (Fsp3) is 0.400. The summed E-state index contributed by atoms with van der Waals surface area (Å²) in [6.45, 7) is 2.02. The molecule has 3 aromatic carbocycles. The fourth-order valence-corrected chi connectivity index (χ4v) is 6.86. The van der Waals surface area contributed by atoms with E-state index in [1.54, 1.807) is 12.1 Å². The Balaban J connectivity index is 1.37. The number of aromatic hydroxyl groups is 1. The normalized spacial score (nSPS) is 24.9. The molecule has 208 valence electrons. The summed E-state index contributed by atoms with van der Waals surface area (Å²) >= 11 is 6.81. The standard InChI is InChI=1S/C30H30ClF2N5O2/c1-37-12-17(32)9-20(37)15-40-30-35-28-24(29(36-30)38-13-18-6-7-19(14-38)34-18)11-25(31)26(27(28)33)23-10-21(39)8-16-4-2-3-5-22(16)23/h2-5,8,10-11,17-20,34,39H,6-7,9,12-15H2,1H3. The molecule has 4 heterocycles. The molecule has 4 atom stereocenters. The quantitative estimate of drug-likeness (QED) is 0.340. The second kappa shape index (κ2) is 9.98. The van der Waals surface area contributed by atoms with Crippen molar-refractivity contribution in [3.8, 4) is 22.9 Å². The van der Waals surface area contributed by atoms with Crippen LogP contribution in [0, 0.1) is 5.82 Å². The molecule has 2 bridgehead atoms. The number of benzene rings is 3. The number of piperazine rings is 1. The lowest BCUT2D eigenvalue weighted by Gasteiger charge is -2.34. The zero-order valence-electron chi connectivity index (χ0n) is 22.1. The number of phenols is 1. The Morgan fingerprint density at radius 1 is 1.07 bits per heavy atom. The Labute approximate surface area is 235 Å². The highest BCUT2D eigenvalue weighted by molar-refractivity contribution is 6.35. The van der Waals surface area contributed by atoms with E-state index in [0.717, 1.165) is 36.7 Å². The number of nitrogens with one attached hydrogen (secondary N) is 1. The maximum Gasteiger partial charge on any atom is 0.319 e. The lowest BCUT2D eigenvalue weighted by atomic mass is 9.96. The van der Waals surface area contributed by atoms with Crippen molar-refractivity contribution < 1.29 is 18.6 Å². The van der Waals surface area contributed by atoms with E-state index in [0.29, 0.717) is 41.8 Å². The van der Waals surface area contributed by atoms with Gasteiger partial charge in [-0.25, -0.2) is 8.78 Å². The van der Waals surface area contributed by atoms with Gasteiger partial charge >= 0.3 is 6.01 Å². The molecule has 7 rings (SSSR count). The minimum atomic E-state index is -0.901. The predicted molar refractivity (Wildman–Crippen MR) is 153 cm³/mol. The molecule has 0 amide bonds. The number of hydrogen-bond acceptors (Lipinski definition) is 7. The lowest BCUT2D eigenvalue weighted by molar-refractivity contribution is 0.188. The predicted octanol–water partition coefficient (Wildman–Crippen LogP) is 5.31. The third-order valence-electron chi connectivity index (χ3n) is 8.52. The molecule has 1 aromatic heterocycles. The Hall–Kier alpha value is -3.27.